The summed E-state index contributed by atoms with van der Waals surface area (Å²) >= 11 is 0. The summed E-state index contributed by atoms with van der Waals surface area (Å²) in [5, 5.41) is 16.0. The number of imide groups is 1. The fourth-order valence-corrected chi connectivity index (χ4v) is 4.76. The number of aliphatic hydroxyl groups excluding tert-OH is 1. The highest BCUT2D eigenvalue weighted by atomic mass is 19.1. The fraction of sp³-hybridized carbons (Fsp3) is 0.526. The molecule has 0 saturated carbocycles. The average molecular weight is 375 g/mol. The summed E-state index contributed by atoms with van der Waals surface area (Å²) in [6, 6.07) is 2.77. The minimum Gasteiger partial charge on any atom is -0.392 e. The van der Waals surface area contributed by atoms with Gasteiger partial charge >= 0.3 is 0 Å². The zero-order chi connectivity index (χ0) is 19.7. The quantitative estimate of drug-likeness (QED) is 0.677. The molecule has 2 saturated heterocycles. The molecule has 3 heterocycles. The first-order chi connectivity index (χ1) is 12.7. The summed E-state index contributed by atoms with van der Waals surface area (Å²) in [5.74, 6) is -3.81. The number of nitrogens with one attached hydrogen (secondary N) is 2. The van der Waals surface area contributed by atoms with E-state index in [1.807, 2.05) is 6.92 Å². The Bertz CT molecular complexity index is 857. The Balaban J connectivity index is 1.92. The van der Waals surface area contributed by atoms with Crippen molar-refractivity contribution >= 4 is 23.4 Å². The first kappa shape index (κ1) is 18.1. The second-order valence-electron chi connectivity index (χ2n) is 7.67. The molecule has 4 rings (SSSR count). The molecule has 3 amide bonds. The van der Waals surface area contributed by atoms with Gasteiger partial charge in [-0.3, -0.25) is 24.6 Å². The Morgan fingerprint density at radius 1 is 1.26 bits per heavy atom. The Labute approximate surface area is 155 Å². The van der Waals surface area contributed by atoms with Gasteiger partial charge in [0.15, 0.2) is 0 Å². The second kappa shape index (κ2) is 5.84. The molecule has 1 aromatic carbocycles. The Morgan fingerprint density at radius 2 is 1.96 bits per heavy atom. The van der Waals surface area contributed by atoms with Crippen molar-refractivity contribution in [2.45, 2.75) is 50.9 Å². The molecule has 1 aromatic rings. The molecule has 7 nitrogen and oxygen atoms in total. The largest absolute Gasteiger partial charge is 0.392 e. The Kier molecular flexibility index (Phi) is 3.91. The molecule has 3 N–H and O–H groups in total. The monoisotopic (exact) mass is 375 g/mol. The summed E-state index contributed by atoms with van der Waals surface area (Å²) in [6.45, 7) is 5.15. The van der Waals surface area contributed by atoms with Gasteiger partial charge in [0.1, 0.15) is 11.4 Å². The van der Waals surface area contributed by atoms with Crippen LogP contribution in [0, 0.1) is 17.7 Å². The van der Waals surface area contributed by atoms with Crippen LogP contribution in [0.3, 0.4) is 0 Å². The number of hydrogen-bond donors (Lipinski definition) is 3. The van der Waals surface area contributed by atoms with E-state index in [4.69, 9.17) is 0 Å². The van der Waals surface area contributed by atoms with E-state index in [-0.39, 0.29) is 6.04 Å². The van der Waals surface area contributed by atoms with Crippen LogP contribution in [0.4, 0.5) is 10.1 Å². The molecular weight excluding hydrogens is 353 g/mol. The number of carbonyl (C=O) groups excluding carboxylic acids is 3. The number of aliphatic hydroxyl groups is 1. The summed E-state index contributed by atoms with van der Waals surface area (Å²) in [6.07, 6.45) is -0.399. The third-order valence-corrected chi connectivity index (χ3v) is 6.20. The first-order valence-electron chi connectivity index (χ1n) is 9.18. The van der Waals surface area contributed by atoms with E-state index in [9.17, 15) is 23.9 Å². The van der Waals surface area contributed by atoms with Crippen LogP contribution in [0.1, 0.15) is 32.8 Å². The lowest BCUT2D eigenvalue weighted by Crippen LogP contribution is -2.55. The van der Waals surface area contributed by atoms with Gasteiger partial charge in [-0.2, -0.15) is 0 Å². The van der Waals surface area contributed by atoms with Gasteiger partial charge in [0.05, 0.1) is 17.9 Å². The maximum Gasteiger partial charge on any atom is 0.250 e. The third kappa shape index (κ3) is 2.17. The minimum atomic E-state index is -1.57. The number of benzene rings is 1. The fourth-order valence-electron chi connectivity index (χ4n) is 4.76. The van der Waals surface area contributed by atoms with Gasteiger partial charge in [-0.15, -0.1) is 0 Å². The van der Waals surface area contributed by atoms with Crippen molar-refractivity contribution in [2.24, 2.45) is 11.8 Å². The van der Waals surface area contributed by atoms with E-state index in [0.717, 1.165) is 0 Å². The molecule has 0 unspecified atom stereocenters. The van der Waals surface area contributed by atoms with Crippen LogP contribution in [0.15, 0.2) is 18.2 Å². The summed E-state index contributed by atoms with van der Waals surface area (Å²) in [7, 11) is 0. The van der Waals surface area contributed by atoms with Crippen LogP contribution in [0.2, 0.25) is 0 Å². The lowest BCUT2D eigenvalue weighted by Gasteiger charge is -2.31. The zero-order valence-electron chi connectivity index (χ0n) is 15.3. The molecule has 2 fully saturated rings. The number of nitrogens with zero attached hydrogens (tertiary/aromatic N) is 1. The van der Waals surface area contributed by atoms with Crippen molar-refractivity contribution < 1.29 is 23.9 Å². The van der Waals surface area contributed by atoms with Crippen molar-refractivity contribution in [2.75, 3.05) is 5.32 Å². The Morgan fingerprint density at radius 3 is 2.59 bits per heavy atom. The van der Waals surface area contributed by atoms with Gasteiger partial charge in [-0.1, -0.05) is 6.92 Å². The standard InChI is InChI=1S/C19H22FN3O4/c1-4-8(2)23-16(25)13-14(17(23)26)19(22-15(13)9(3)24)11-7-10(20)5-6-12(11)21-18(19)27/h5-9,13-15,22,24H,4H2,1-3H3,(H,21,27)/t8-,9-,13+,14+,15-,19+/m1/s1. The molecule has 6 atom stereocenters. The maximum absolute atomic E-state index is 14.0. The normalized spacial score (nSPS) is 34.0. The van der Waals surface area contributed by atoms with E-state index < -0.39 is 53.1 Å². The van der Waals surface area contributed by atoms with E-state index >= 15 is 0 Å². The molecule has 0 aliphatic carbocycles. The van der Waals surface area contributed by atoms with E-state index in [0.29, 0.717) is 17.7 Å². The van der Waals surface area contributed by atoms with Crippen LogP contribution in [-0.2, 0) is 19.9 Å². The van der Waals surface area contributed by atoms with Crippen LogP contribution in [0.25, 0.3) is 0 Å². The number of rotatable bonds is 3. The molecule has 8 heteroatoms. The lowest BCUT2D eigenvalue weighted by molar-refractivity contribution is -0.145. The second-order valence-corrected chi connectivity index (χ2v) is 7.67. The average Bonchev–Trinajstić information content (AvgIpc) is 3.20. The summed E-state index contributed by atoms with van der Waals surface area (Å²) < 4.78 is 14.0. The van der Waals surface area contributed by atoms with Crippen LogP contribution in [0.5, 0.6) is 0 Å². The van der Waals surface area contributed by atoms with Crippen molar-refractivity contribution in [3.8, 4) is 0 Å². The van der Waals surface area contributed by atoms with Crippen molar-refractivity contribution in [1.29, 1.82) is 0 Å². The third-order valence-electron chi connectivity index (χ3n) is 6.20. The molecule has 0 bridgehead atoms. The number of fused-ring (bicyclic) bond motifs is 4. The number of likely N-dealkylation sites (tertiary alicyclic amines) is 1. The van der Waals surface area contributed by atoms with Gasteiger partial charge in [0.25, 0.3) is 0 Å². The van der Waals surface area contributed by atoms with Crippen molar-refractivity contribution in [3.63, 3.8) is 0 Å². The van der Waals surface area contributed by atoms with Gasteiger partial charge in [-0.05, 0) is 38.5 Å². The lowest BCUT2D eigenvalue weighted by atomic mass is 9.76. The molecule has 0 aromatic heterocycles. The van der Waals surface area contributed by atoms with E-state index in [1.165, 1.54) is 30.0 Å². The molecular formula is C19H22FN3O4. The molecule has 3 aliphatic heterocycles. The molecule has 3 aliphatic rings. The van der Waals surface area contributed by atoms with Gasteiger partial charge in [0, 0.05) is 23.3 Å². The predicted molar refractivity (Wildman–Crippen MR) is 93.9 cm³/mol. The number of hydrogen-bond acceptors (Lipinski definition) is 5. The van der Waals surface area contributed by atoms with E-state index in [2.05, 4.69) is 10.6 Å². The van der Waals surface area contributed by atoms with Crippen LogP contribution >= 0.6 is 0 Å². The maximum atomic E-state index is 14.0. The number of amides is 3. The smallest absolute Gasteiger partial charge is 0.250 e. The van der Waals surface area contributed by atoms with E-state index in [1.54, 1.807) is 6.92 Å². The molecule has 144 valence electrons. The highest BCUT2D eigenvalue weighted by Crippen LogP contribution is 2.53. The number of anilines is 1. The molecule has 1 spiro atoms. The SMILES string of the molecule is CC[C@@H](C)N1C(=O)[C@@H]2[C@@H]([C@@H](C)O)N[C@]3(C(=O)Nc4ccc(F)cc43)[C@@H]2C1=O. The highest BCUT2D eigenvalue weighted by Gasteiger charge is 2.71. The minimum absolute atomic E-state index is 0.304. The predicted octanol–water partition coefficient (Wildman–Crippen LogP) is 0.725. The summed E-state index contributed by atoms with van der Waals surface area (Å²) in [5.41, 5.74) is -0.863. The topological polar surface area (TPSA) is 98.7 Å². The van der Waals surface area contributed by atoms with Gasteiger partial charge < -0.3 is 10.4 Å². The van der Waals surface area contributed by atoms with Crippen LogP contribution < -0.4 is 10.6 Å². The molecule has 27 heavy (non-hydrogen) atoms. The summed E-state index contributed by atoms with van der Waals surface area (Å²) in [4.78, 5) is 40.6. The van der Waals surface area contributed by atoms with Crippen molar-refractivity contribution in [3.05, 3.63) is 29.6 Å². The Hall–Kier alpha value is -2.32. The van der Waals surface area contributed by atoms with Gasteiger partial charge in [-0.25, -0.2) is 4.39 Å². The number of carbonyl (C=O) groups is 3. The van der Waals surface area contributed by atoms with Crippen LogP contribution in [-0.4, -0.2) is 45.9 Å². The van der Waals surface area contributed by atoms with Crippen molar-refractivity contribution in [1.82, 2.24) is 10.2 Å². The highest BCUT2D eigenvalue weighted by molar-refractivity contribution is 6.15. The first-order valence-corrected chi connectivity index (χ1v) is 9.18. The molecule has 0 radical (unpaired) electrons. The zero-order valence-corrected chi connectivity index (χ0v) is 15.3. The van der Waals surface area contributed by atoms with Gasteiger partial charge in [0.2, 0.25) is 17.7 Å². The number of halogens is 1.